The van der Waals surface area contributed by atoms with Crippen molar-refractivity contribution < 1.29 is 9.53 Å². The largest absolute Gasteiger partial charge is 0.458 e. The molecule has 0 amide bonds. The minimum absolute atomic E-state index is 0.0383. The Labute approximate surface area is 142 Å². The smallest absolute Gasteiger partial charge is 0.312 e. The molecule has 0 saturated heterocycles. The van der Waals surface area contributed by atoms with Crippen molar-refractivity contribution in [1.29, 1.82) is 0 Å². The number of hydrogen-bond acceptors (Lipinski definition) is 2. The van der Waals surface area contributed by atoms with Gasteiger partial charge < -0.3 is 4.74 Å². The van der Waals surface area contributed by atoms with Gasteiger partial charge in [0.25, 0.3) is 0 Å². The number of rotatable bonds is 4. The number of carbonyl (C=O) groups is 1. The van der Waals surface area contributed by atoms with Gasteiger partial charge in [0.1, 0.15) is 5.60 Å². The van der Waals surface area contributed by atoms with Crippen LogP contribution in [0.4, 0.5) is 0 Å². The van der Waals surface area contributed by atoms with Gasteiger partial charge in [-0.1, -0.05) is 34.1 Å². The molecule has 3 rings (SSSR count). The molecule has 5 atom stereocenters. The Balaban J connectivity index is 1.74. The van der Waals surface area contributed by atoms with Crippen LogP contribution in [-0.2, 0) is 9.53 Å². The molecule has 2 heteroatoms. The Hall–Kier alpha value is -0.530. The van der Waals surface area contributed by atoms with E-state index in [9.17, 15) is 4.79 Å². The summed E-state index contributed by atoms with van der Waals surface area (Å²) in [6.07, 6.45) is 8.51. The van der Waals surface area contributed by atoms with E-state index in [-0.39, 0.29) is 17.0 Å². The Kier molecular flexibility index (Phi) is 4.13. The van der Waals surface area contributed by atoms with Crippen molar-refractivity contribution in [2.75, 3.05) is 0 Å². The third kappa shape index (κ3) is 2.96. The van der Waals surface area contributed by atoms with Gasteiger partial charge in [-0.25, -0.2) is 0 Å². The van der Waals surface area contributed by atoms with E-state index in [4.69, 9.17) is 4.74 Å². The first kappa shape index (κ1) is 17.3. The molecule has 3 aliphatic rings. The van der Waals surface area contributed by atoms with Crippen LogP contribution in [0.25, 0.3) is 0 Å². The Bertz CT molecular complexity index is 473. The first-order valence-corrected chi connectivity index (χ1v) is 9.81. The van der Waals surface area contributed by atoms with Crippen LogP contribution in [0.3, 0.4) is 0 Å². The van der Waals surface area contributed by atoms with Gasteiger partial charge in [-0.2, -0.15) is 0 Å². The van der Waals surface area contributed by atoms with Crippen molar-refractivity contribution in [3.8, 4) is 0 Å². The van der Waals surface area contributed by atoms with Gasteiger partial charge in [0.05, 0.1) is 5.41 Å². The molecule has 0 aromatic rings. The quantitative estimate of drug-likeness (QED) is 0.630. The lowest BCUT2D eigenvalue weighted by atomic mass is 9.71. The molecule has 0 spiro atoms. The van der Waals surface area contributed by atoms with E-state index in [1.807, 2.05) is 0 Å². The number of carbonyl (C=O) groups excluding carboxylic acids is 1. The average Bonchev–Trinajstić information content (AvgIpc) is 3.06. The lowest BCUT2D eigenvalue weighted by Gasteiger charge is -2.44. The summed E-state index contributed by atoms with van der Waals surface area (Å²) in [4.78, 5) is 13.0. The molecule has 0 aliphatic heterocycles. The summed E-state index contributed by atoms with van der Waals surface area (Å²) in [7, 11) is 0. The zero-order valence-corrected chi connectivity index (χ0v) is 16.1. The van der Waals surface area contributed by atoms with Crippen LogP contribution in [0.1, 0.15) is 86.5 Å². The average molecular weight is 321 g/mol. The van der Waals surface area contributed by atoms with Crippen LogP contribution >= 0.6 is 0 Å². The monoisotopic (exact) mass is 320 g/mol. The third-order valence-electron chi connectivity index (χ3n) is 7.01. The molecule has 0 aromatic heterocycles. The normalized spacial score (nSPS) is 39.6. The summed E-state index contributed by atoms with van der Waals surface area (Å²) in [6, 6.07) is 0. The molecule has 5 unspecified atom stereocenters. The first-order chi connectivity index (χ1) is 10.6. The van der Waals surface area contributed by atoms with Crippen LogP contribution in [-0.4, -0.2) is 11.6 Å². The van der Waals surface area contributed by atoms with Crippen LogP contribution in [0.5, 0.6) is 0 Å². The molecule has 132 valence electrons. The number of hydrogen-bond donors (Lipinski definition) is 0. The Morgan fingerprint density at radius 2 is 1.78 bits per heavy atom. The number of ether oxygens (including phenoxy) is 1. The summed E-state index contributed by atoms with van der Waals surface area (Å²) in [5.41, 5.74) is -0.396. The highest BCUT2D eigenvalue weighted by atomic mass is 16.6. The van der Waals surface area contributed by atoms with Gasteiger partial charge in [0.2, 0.25) is 0 Å². The molecule has 0 heterocycles. The molecular weight excluding hydrogens is 284 g/mol. The molecule has 2 bridgehead atoms. The topological polar surface area (TPSA) is 26.3 Å². The standard InChI is InChI=1S/C21H36O2/c1-7-21(23-18(22)20(5,6)13-19(2,3)4)12-14-11-17(21)16-10-8-9-15(14)16/h14-17H,7-13H2,1-6H3. The fraction of sp³-hybridized carbons (Fsp3) is 0.952. The van der Waals surface area contributed by atoms with E-state index in [0.717, 1.165) is 37.0 Å². The van der Waals surface area contributed by atoms with Gasteiger partial charge >= 0.3 is 5.97 Å². The SMILES string of the molecule is CCC1(OC(=O)C(C)(C)CC(C)(C)C)CC2CC1C1CCCC21. The van der Waals surface area contributed by atoms with Crippen molar-refractivity contribution in [2.45, 2.75) is 92.1 Å². The molecular formula is C21H36O2. The van der Waals surface area contributed by atoms with E-state index >= 15 is 0 Å². The molecule has 0 aromatic carbocycles. The Morgan fingerprint density at radius 3 is 2.39 bits per heavy atom. The number of esters is 1. The minimum Gasteiger partial charge on any atom is -0.458 e. The summed E-state index contributed by atoms with van der Waals surface area (Å²) in [6.45, 7) is 13.0. The van der Waals surface area contributed by atoms with Gasteiger partial charge in [0.15, 0.2) is 0 Å². The van der Waals surface area contributed by atoms with Gasteiger partial charge in [0, 0.05) is 5.92 Å². The minimum atomic E-state index is -0.392. The maximum absolute atomic E-state index is 13.0. The summed E-state index contributed by atoms with van der Waals surface area (Å²) in [5, 5.41) is 0. The van der Waals surface area contributed by atoms with Crippen LogP contribution < -0.4 is 0 Å². The van der Waals surface area contributed by atoms with E-state index in [0.29, 0.717) is 5.92 Å². The summed E-state index contributed by atoms with van der Waals surface area (Å²) in [5.74, 6) is 3.29. The van der Waals surface area contributed by atoms with Crippen LogP contribution in [0.2, 0.25) is 0 Å². The highest BCUT2D eigenvalue weighted by Gasteiger charge is 2.62. The highest BCUT2D eigenvalue weighted by molar-refractivity contribution is 5.76. The highest BCUT2D eigenvalue weighted by Crippen LogP contribution is 2.64. The lowest BCUT2D eigenvalue weighted by Crippen LogP contribution is -2.47. The second kappa shape index (κ2) is 5.49. The number of fused-ring (bicyclic) bond motifs is 5. The van der Waals surface area contributed by atoms with E-state index < -0.39 is 5.41 Å². The zero-order chi connectivity index (χ0) is 17.0. The van der Waals surface area contributed by atoms with Gasteiger partial charge in [-0.15, -0.1) is 0 Å². The summed E-state index contributed by atoms with van der Waals surface area (Å²) >= 11 is 0. The molecule has 3 aliphatic carbocycles. The first-order valence-electron chi connectivity index (χ1n) is 9.81. The van der Waals surface area contributed by atoms with Crippen molar-refractivity contribution >= 4 is 5.97 Å². The predicted molar refractivity (Wildman–Crippen MR) is 94.0 cm³/mol. The molecule has 2 nitrogen and oxygen atoms in total. The second-order valence-electron chi connectivity index (χ2n) is 10.5. The summed E-state index contributed by atoms with van der Waals surface area (Å²) < 4.78 is 6.36. The zero-order valence-electron chi connectivity index (χ0n) is 16.1. The molecule has 3 saturated carbocycles. The third-order valence-corrected chi connectivity index (χ3v) is 7.01. The van der Waals surface area contributed by atoms with Crippen molar-refractivity contribution in [3.05, 3.63) is 0 Å². The Morgan fingerprint density at radius 1 is 1.13 bits per heavy atom. The van der Waals surface area contributed by atoms with Crippen molar-refractivity contribution in [2.24, 2.45) is 34.5 Å². The lowest BCUT2D eigenvalue weighted by molar-refractivity contribution is -0.182. The molecule has 0 radical (unpaired) electrons. The van der Waals surface area contributed by atoms with Gasteiger partial charge in [-0.05, 0) is 75.5 Å². The van der Waals surface area contributed by atoms with Crippen LogP contribution in [0.15, 0.2) is 0 Å². The molecule has 23 heavy (non-hydrogen) atoms. The maximum atomic E-state index is 13.0. The predicted octanol–water partition coefficient (Wildman–Crippen LogP) is 5.60. The maximum Gasteiger partial charge on any atom is 0.312 e. The molecule has 3 fully saturated rings. The van der Waals surface area contributed by atoms with Crippen molar-refractivity contribution in [3.63, 3.8) is 0 Å². The van der Waals surface area contributed by atoms with Gasteiger partial charge in [-0.3, -0.25) is 4.79 Å². The fourth-order valence-corrected chi connectivity index (χ4v) is 6.53. The second-order valence-corrected chi connectivity index (χ2v) is 10.5. The van der Waals surface area contributed by atoms with E-state index in [2.05, 4.69) is 41.5 Å². The van der Waals surface area contributed by atoms with Crippen molar-refractivity contribution in [1.82, 2.24) is 0 Å². The van der Waals surface area contributed by atoms with E-state index in [1.54, 1.807) is 0 Å². The molecule has 0 N–H and O–H groups in total. The van der Waals surface area contributed by atoms with E-state index in [1.165, 1.54) is 25.7 Å². The fourth-order valence-electron chi connectivity index (χ4n) is 6.53. The van der Waals surface area contributed by atoms with Crippen LogP contribution in [0, 0.1) is 34.5 Å².